The highest BCUT2D eigenvalue weighted by Crippen LogP contribution is 2.76. The maximum absolute atomic E-state index is 12.0. The van der Waals surface area contributed by atoms with Crippen LogP contribution < -0.4 is 5.32 Å². The van der Waals surface area contributed by atoms with Gasteiger partial charge in [0.15, 0.2) is 0 Å². The van der Waals surface area contributed by atoms with Crippen molar-refractivity contribution in [1.82, 2.24) is 5.32 Å². The molecule has 6 rings (SSSR count). The van der Waals surface area contributed by atoms with Crippen LogP contribution >= 0.6 is 0 Å². The van der Waals surface area contributed by atoms with E-state index in [1.165, 1.54) is 76.0 Å². The molecule has 0 amide bonds. The van der Waals surface area contributed by atoms with Crippen LogP contribution in [0.5, 0.6) is 0 Å². The van der Waals surface area contributed by atoms with Crippen LogP contribution in [0.25, 0.3) is 5.57 Å². The van der Waals surface area contributed by atoms with E-state index in [0.29, 0.717) is 27.7 Å². The fraction of sp³-hybridized carbons (Fsp3) is 0.750. The highest BCUT2D eigenvalue weighted by molar-refractivity contribution is 5.89. The molecule has 5 aliphatic rings. The van der Waals surface area contributed by atoms with Crippen molar-refractivity contribution in [2.24, 2.45) is 45.3 Å². The number of β-amino-alcohol motifs (C(OH)–C–C–N with tert-alkyl or cyclic N) is 1. The number of aliphatic hydroxyl groups excluding tert-OH is 1. The lowest BCUT2D eigenvalue weighted by Gasteiger charge is -2.72. The molecular formula is C36H53NO3. The second kappa shape index (κ2) is 9.69. The third-order valence-corrected chi connectivity index (χ3v) is 14.1. The first-order chi connectivity index (χ1) is 19.0. The van der Waals surface area contributed by atoms with E-state index in [1.807, 2.05) is 12.1 Å². The third kappa shape index (κ3) is 3.80. The zero-order valence-corrected chi connectivity index (χ0v) is 25.9. The number of hydrogen-bond acceptors (Lipinski definition) is 4. The minimum Gasteiger partial charge on any atom is -0.465 e. The van der Waals surface area contributed by atoms with Gasteiger partial charge in [-0.2, -0.15) is 0 Å². The number of aliphatic hydroxyl groups is 1. The molecule has 0 saturated heterocycles. The van der Waals surface area contributed by atoms with E-state index in [1.54, 1.807) is 0 Å². The fourth-order valence-electron chi connectivity index (χ4n) is 12.2. The smallest absolute Gasteiger partial charge is 0.337 e. The molecule has 220 valence electrons. The SMILES string of the molecule is COC(=O)c1ccc(C2=CC[C@@]3(C)C(CC[C@]4(C)C3CC[C@@H]3C5CCC[C@]5(NCCO)CC[C@]34C)C2(C)C)cc1. The zero-order chi connectivity index (χ0) is 28.6. The molecule has 4 nitrogen and oxygen atoms in total. The summed E-state index contributed by atoms with van der Waals surface area (Å²) in [6.45, 7) is 14.1. The molecule has 0 spiro atoms. The summed E-state index contributed by atoms with van der Waals surface area (Å²) in [6, 6.07) is 8.10. The molecule has 40 heavy (non-hydrogen) atoms. The molecule has 0 aliphatic heterocycles. The van der Waals surface area contributed by atoms with E-state index in [-0.39, 0.29) is 23.5 Å². The Morgan fingerprint density at radius 2 is 1.65 bits per heavy atom. The van der Waals surface area contributed by atoms with Gasteiger partial charge < -0.3 is 15.2 Å². The number of fused-ring (bicyclic) bond motifs is 7. The second-order valence-electron chi connectivity index (χ2n) is 15.6. The predicted molar refractivity (Wildman–Crippen MR) is 162 cm³/mol. The molecule has 4 fully saturated rings. The van der Waals surface area contributed by atoms with Crippen LogP contribution in [0.2, 0.25) is 0 Å². The average Bonchev–Trinajstić information content (AvgIpc) is 3.36. The summed E-state index contributed by atoms with van der Waals surface area (Å²) in [4.78, 5) is 12.0. The Hall–Kier alpha value is -1.65. The number of benzene rings is 1. The lowest BCUT2D eigenvalue weighted by atomic mass is 9.33. The number of carbonyl (C=O) groups is 1. The van der Waals surface area contributed by atoms with Crippen LogP contribution in [0.15, 0.2) is 30.3 Å². The first kappa shape index (κ1) is 28.5. The number of rotatable bonds is 5. The Labute approximate surface area is 242 Å². The Balaban J connectivity index is 1.31. The van der Waals surface area contributed by atoms with E-state index in [9.17, 15) is 9.90 Å². The van der Waals surface area contributed by atoms with Crippen molar-refractivity contribution in [3.63, 3.8) is 0 Å². The molecule has 2 N–H and O–H groups in total. The Bertz CT molecular complexity index is 1170. The van der Waals surface area contributed by atoms with E-state index in [4.69, 9.17) is 4.74 Å². The van der Waals surface area contributed by atoms with Crippen LogP contribution in [0.3, 0.4) is 0 Å². The molecule has 5 aliphatic carbocycles. The Morgan fingerprint density at radius 3 is 2.35 bits per heavy atom. The molecule has 3 unspecified atom stereocenters. The summed E-state index contributed by atoms with van der Waals surface area (Å²) in [7, 11) is 1.44. The van der Waals surface area contributed by atoms with Crippen molar-refractivity contribution in [1.29, 1.82) is 0 Å². The quantitative estimate of drug-likeness (QED) is 0.372. The number of methoxy groups -OCH3 is 1. The summed E-state index contributed by atoms with van der Waals surface area (Å²) in [5.74, 6) is 2.70. The molecule has 1 aromatic rings. The highest BCUT2D eigenvalue weighted by atomic mass is 16.5. The summed E-state index contributed by atoms with van der Waals surface area (Å²) in [5.41, 5.74) is 4.75. The van der Waals surface area contributed by atoms with Crippen LogP contribution in [-0.4, -0.2) is 36.9 Å². The Kier molecular flexibility index (Phi) is 6.90. The normalized spacial score (nSPS) is 43.5. The zero-order valence-electron chi connectivity index (χ0n) is 25.9. The molecule has 0 aromatic heterocycles. The van der Waals surface area contributed by atoms with Crippen molar-refractivity contribution >= 4 is 11.5 Å². The molecule has 1 aromatic carbocycles. The van der Waals surface area contributed by atoms with E-state index in [2.05, 4.69) is 58.1 Å². The molecule has 0 heterocycles. The van der Waals surface area contributed by atoms with Gasteiger partial charge in [-0.15, -0.1) is 0 Å². The van der Waals surface area contributed by atoms with Crippen molar-refractivity contribution in [3.8, 4) is 0 Å². The van der Waals surface area contributed by atoms with Gasteiger partial charge in [0, 0.05) is 12.1 Å². The second-order valence-corrected chi connectivity index (χ2v) is 15.6. The number of esters is 1. The molecule has 4 heteroatoms. The summed E-state index contributed by atoms with van der Waals surface area (Å²) < 4.78 is 4.93. The van der Waals surface area contributed by atoms with Gasteiger partial charge in [0.25, 0.3) is 0 Å². The van der Waals surface area contributed by atoms with Crippen LogP contribution in [-0.2, 0) is 4.74 Å². The summed E-state index contributed by atoms with van der Waals surface area (Å²) >= 11 is 0. The summed E-state index contributed by atoms with van der Waals surface area (Å²) in [5, 5.41) is 13.5. The van der Waals surface area contributed by atoms with Crippen LogP contribution in [0, 0.1) is 45.3 Å². The lowest BCUT2D eigenvalue weighted by molar-refractivity contribution is -0.217. The average molecular weight is 548 g/mol. The first-order valence-electron chi connectivity index (χ1n) is 16.2. The lowest BCUT2D eigenvalue weighted by Crippen LogP contribution is -2.67. The minimum absolute atomic E-state index is 0.0836. The third-order valence-electron chi connectivity index (χ3n) is 14.1. The summed E-state index contributed by atoms with van der Waals surface area (Å²) in [6.07, 6.45) is 15.7. The van der Waals surface area contributed by atoms with Gasteiger partial charge in [0.05, 0.1) is 19.3 Å². The maximum Gasteiger partial charge on any atom is 0.337 e. The van der Waals surface area contributed by atoms with Crippen molar-refractivity contribution in [3.05, 3.63) is 41.5 Å². The molecule has 0 bridgehead atoms. The number of nitrogens with one attached hydrogen (secondary N) is 1. The van der Waals surface area contributed by atoms with Gasteiger partial charge in [-0.05, 0) is 126 Å². The minimum atomic E-state index is -0.270. The number of hydrogen-bond donors (Lipinski definition) is 2. The van der Waals surface area contributed by atoms with Crippen LogP contribution in [0.4, 0.5) is 0 Å². The van der Waals surface area contributed by atoms with Gasteiger partial charge in [-0.25, -0.2) is 4.79 Å². The van der Waals surface area contributed by atoms with Crippen LogP contribution in [0.1, 0.15) is 115 Å². The van der Waals surface area contributed by atoms with E-state index >= 15 is 0 Å². The molecule has 4 saturated carbocycles. The highest BCUT2D eigenvalue weighted by Gasteiger charge is 2.69. The number of ether oxygens (including phenoxy) is 1. The Morgan fingerprint density at radius 1 is 0.900 bits per heavy atom. The van der Waals surface area contributed by atoms with Gasteiger partial charge in [-0.3, -0.25) is 0 Å². The van der Waals surface area contributed by atoms with Crippen molar-refractivity contribution in [2.45, 2.75) is 104 Å². The molecule has 8 atom stereocenters. The molecule has 0 radical (unpaired) electrons. The topological polar surface area (TPSA) is 58.6 Å². The van der Waals surface area contributed by atoms with E-state index < -0.39 is 0 Å². The fourth-order valence-corrected chi connectivity index (χ4v) is 12.2. The first-order valence-corrected chi connectivity index (χ1v) is 16.2. The molecular weight excluding hydrogens is 494 g/mol. The van der Waals surface area contributed by atoms with E-state index in [0.717, 1.165) is 30.7 Å². The monoisotopic (exact) mass is 547 g/mol. The van der Waals surface area contributed by atoms with Gasteiger partial charge in [-0.1, -0.05) is 59.2 Å². The van der Waals surface area contributed by atoms with Gasteiger partial charge in [0.1, 0.15) is 0 Å². The standard InChI is InChI=1S/C36H53NO3/c1-32(2)26(24-9-11-25(12-10-24)31(39)40-6)15-18-33(3)29(32)16-19-35(5)30(33)14-13-27-28-8-7-17-36(28,37-22-23-38)21-20-34(27,35)4/h9-12,15,27-30,37-38H,7-8,13-14,16-23H2,1-6H3/t27-,28?,29?,30?,33+,34-,35-,36+/m1/s1. The predicted octanol–water partition coefficient (Wildman–Crippen LogP) is 7.66. The number of carbonyl (C=O) groups excluding carboxylic acids is 1. The van der Waals surface area contributed by atoms with Crippen molar-refractivity contribution in [2.75, 3.05) is 20.3 Å². The number of allylic oxidation sites excluding steroid dienone is 2. The van der Waals surface area contributed by atoms with Crippen molar-refractivity contribution < 1.29 is 14.6 Å². The van der Waals surface area contributed by atoms with Gasteiger partial charge in [0.2, 0.25) is 0 Å². The maximum atomic E-state index is 12.0. The largest absolute Gasteiger partial charge is 0.465 e. The van der Waals surface area contributed by atoms with Gasteiger partial charge >= 0.3 is 5.97 Å².